The quantitative estimate of drug-likeness (QED) is 0.864. The molecule has 0 aliphatic carbocycles. The number of carbonyl (C=O) groups is 1. The number of amides is 1. The van der Waals surface area contributed by atoms with Gasteiger partial charge >= 0.3 is 0 Å². The molecule has 2 aromatic carbocycles. The molecular formula is C18H23N2O+. The van der Waals surface area contributed by atoms with E-state index in [4.69, 9.17) is 0 Å². The molecule has 0 saturated carbocycles. The molecule has 2 rings (SSSR count). The summed E-state index contributed by atoms with van der Waals surface area (Å²) in [7, 11) is 2.04. The van der Waals surface area contributed by atoms with Crippen LogP contribution < -0.4 is 10.2 Å². The van der Waals surface area contributed by atoms with E-state index in [0.29, 0.717) is 6.54 Å². The topological polar surface area (TPSA) is 33.5 Å². The maximum Gasteiger partial charge on any atom is 0.279 e. The van der Waals surface area contributed by atoms with Crippen molar-refractivity contribution in [2.24, 2.45) is 0 Å². The Morgan fingerprint density at radius 3 is 2.05 bits per heavy atom. The van der Waals surface area contributed by atoms with Crippen molar-refractivity contribution in [1.82, 2.24) is 0 Å². The van der Waals surface area contributed by atoms with Crippen LogP contribution in [0.3, 0.4) is 0 Å². The lowest BCUT2D eigenvalue weighted by Crippen LogP contribution is -3.08. The molecular weight excluding hydrogens is 260 g/mol. The van der Waals surface area contributed by atoms with Gasteiger partial charge in [0.05, 0.1) is 7.05 Å². The Morgan fingerprint density at radius 2 is 1.48 bits per heavy atom. The number of carbonyl (C=O) groups excluding carboxylic acids is 1. The fourth-order valence-electron chi connectivity index (χ4n) is 2.23. The first kappa shape index (κ1) is 15.3. The van der Waals surface area contributed by atoms with Crippen LogP contribution in [0.4, 0.5) is 5.69 Å². The summed E-state index contributed by atoms with van der Waals surface area (Å²) in [5.41, 5.74) is 4.55. The Bertz CT molecular complexity index is 588. The second kappa shape index (κ2) is 7.04. The molecule has 0 bridgehead atoms. The predicted octanol–water partition coefficient (Wildman–Crippen LogP) is 1.96. The largest absolute Gasteiger partial charge is 0.326 e. The van der Waals surface area contributed by atoms with Crippen LogP contribution in [-0.4, -0.2) is 19.5 Å². The summed E-state index contributed by atoms with van der Waals surface area (Å²) < 4.78 is 0. The standard InChI is InChI=1S/C18H22N2O/c1-14-4-8-16(9-5-14)12-20(3)13-18(21)19-17-10-6-15(2)7-11-17/h4-11H,12-13H2,1-3H3,(H,19,21)/p+1. The van der Waals surface area contributed by atoms with Gasteiger partial charge in [-0.25, -0.2) is 0 Å². The van der Waals surface area contributed by atoms with Gasteiger partial charge in [-0.2, -0.15) is 0 Å². The third-order valence-corrected chi connectivity index (χ3v) is 3.42. The average molecular weight is 283 g/mol. The van der Waals surface area contributed by atoms with E-state index in [2.05, 4.69) is 36.5 Å². The average Bonchev–Trinajstić information content (AvgIpc) is 2.44. The number of rotatable bonds is 5. The van der Waals surface area contributed by atoms with E-state index in [0.717, 1.165) is 12.2 Å². The van der Waals surface area contributed by atoms with Crippen molar-refractivity contribution in [2.45, 2.75) is 20.4 Å². The second-order valence-electron chi connectivity index (χ2n) is 5.71. The molecule has 0 saturated heterocycles. The van der Waals surface area contributed by atoms with Crippen LogP contribution in [0.2, 0.25) is 0 Å². The number of likely N-dealkylation sites (N-methyl/N-ethyl adjacent to an activating group) is 1. The second-order valence-corrected chi connectivity index (χ2v) is 5.71. The number of quaternary nitrogens is 1. The highest BCUT2D eigenvalue weighted by Gasteiger charge is 2.10. The number of hydrogen-bond acceptors (Lipinski definition) is 1. The van der Waals surface area contributed by atoms with E-state index in [-0.39, 0.29) is 5.91 Å². The van der Waals surface area contributed by atoms with Gasteiger partial charge in [-0.3, -0.25) is 4.79 Å². The Labute approximate surface area is 126 Å². The lowest BCUT2D eigenvalue weighted by Gasteiger charge is -2.14. The van der Waals surface area contributed by atoms with Gasteiger partial charge in [0, 0.05) is 11.3 Å². The summed E-state index contributed by atoms with van der Waals surface area (Å²) >= 11 is 0. The zero-order chi connectivity index (χ0) is 15.2. The predicted molar refractivity (Wildman–Crippen MR) is 86.4 cm³/mol. The molecule has 0 heterocycles. The van der Waals surface area contributed by atoms with Crippen LogP contribution in [-0.2, 0) is 11.3 Å². The summed E-state index contributed by atoms with van der Waals surface area (Å²) in [6, 6.07) is 16.3. The van der Waals surface area contributed by atoms with Crippen molar-refractivity contribution in [3.05, 3.63) is 65.2 Å². The van der Waals surface area contributed by atoms with Gasteiger partial charge in [-0.1, -0.05) is 47.5 Å². The van der Waals surface area contributed by atoms with Crippen LogP contribution in [0.1, 0.15) is 16.7 Å². The molecule has 3 heteroatoms. The molecule has 0 spiro atoms. The molecule has 2 aromatic rings. The first-order valence-electron chi connectivity index (χ1n) is 7.26. The number of aryl methyl sites for hydroxylation is 2. The van der Waals surface area contributed by atoms with Crippen LogP contribution >= 0.6 is 0 Å². The summed E-state index contributed by atoms with van der Waals surface area (Å²) in [4.78, 5) is 13.2. The van der Waals surface area contributed by atoms with Crippen LogP contribution in [0, 0.1) is 13.8 Å². The van der Waals surface area contributed by atoms with E-state index in [1.165, 1.54) is 21.6 Å². The third kappa shape index (κ3) is 5.04. The monoisotopic (exact) mass is 283 g/mol. The minimum absolute atomic E-state index is 0.0449. The van der Waals surface area contributed by atoms with E-state index in [1.54, 1.807) is 0 Å². The van der Waals surface area contributed by atoms with Gasteiger partial charge in [0.15, 0.2) is 6.54 Å². The fraction of sp³-hybridized carbons (Fsp3) is 0.278. The maximum absolute atomic E-state index is 12.0. The van der Waals surface area contributed by atoms with Crippen molar-refractivity contribution >= 4 is 11.6 Å². The van der Waals surface area contributed by atoms with E-state index < -0.39 is 0 Å². The SMILES string of the molecule is Cc1ccc(C[NH+](C)CC(=O)Nc2ccc(C)cc2)cc1. The highest BCUT2D eigenvalue weighted by atomic mass is 16.2. The molecule has 0 aliphatic rings. The van der Waals surface area contributed by atoms with Gasteiger partial charge in [0.2, 0.25) is 0 Å². The van der Waals surface area contributed by atoms with Gasteiger partial charge < -0.3 is 10.2 Å². The first-order valence-corrected chi connectivity index (χ1v) is 7.26. The summed E-state index contributed by atoms with van der Waals surface area (Å²) in [5.74, 6) is 0.0449. The van der Waals surface area contributed by atoms with Gasteiger partial charge in [0.25, 0.3) is 5.91 Å². The lowest BCUT2D eigenvalue weighted by molar-refractivity contribution is -0.885. The number of nitrogens with one attached hydrogen (secondary N) is 2. The Kier molecular flexibility index (Phi) is 5.12. The minimum atomic E-state index is 0.0449. The van der Waals surface area contributed by atoms with Gasteiger partial charge in [-0.05, 0) is 26.0 Å². The Hall–Kier alpha value is -2.13. The van der Waals surface area contributed by atoms with E-state index in [9.17, 15) is 4.79 Å². The molecule has 1 atom stereocenters. The molecule has 0 fully saturated rings. The molecule has 0 aromatic heterocycles. The molecule has 110 valence electrons. The minimum Gasteiger partial charge on any atom is -0.326 e. The third-order valence-electron chi connectivity index (χ3n) is 3.42. The number of anilines is 1. The Morgan fingerprint density at radius 1 is 0.952 bits per heavy atom. The van der Waals surface area contributed by atoms with Crippen molar-refractivity contribution in [3.8, 4) is 0 Å². The molecule has 1 amide bonds. The molecule has 0 aliphatic heterocycles. The van der Waals surface area contributed by atoms with Crippen molar-refractivity contribution < 1.29 is 9.69 Å². The normalized spacial score (nSPS) is 12.0. The number of hydrogen-bond donors (Lipinski definition) is 2. The maximum atomic E-state index is 12.0. The van der Waals surface area contributed by atoms with Crippen LogP contribution in [0.5, 0.6) is 0 Å². The molecule has 3 nitrogen and oxygen atoms in total. The summed E-state index contributed by atoms with van der Waals surface area (Å²) in [5, 5.41) is 2.94. The zero-order valence-corrected chi connectivity index (χ0v) is 12.9. The highest BCUT2D eigenvalue weighted by Crippen LogP contribution is 2.07. The summed E-state index contributed by atoms with van der Waals surface area (Å²) in [6.45, 7) is 5.42. The van der Waals surface area contributed by atoms with Crippen molar-refractivity contribution in [3.63, 3.8) is 0 Å². The zero-order valence-electron chi connectivity index (χ0n) is 12.9. The van der Waals surface area contributed by atoms with E-state index in [1.807, 2.05) is 38.2 Å². The smallest absolute Gasteiger partial charge is 0.279 e. The molecule has 1 unspecified atom stereocenters. The van der Waals surface area contributed by atoms with Gasteiger partial charge in [-0.15, -0.1) is 0 Å². The van der Waals surface area contributed by atoms with Crippen LogP contribution in [0.25, 0.3) is 0 Å². The molecule has 21 heavy (non-hydrogen) atoms. The molecule has 0 radical (unpaired) electrons. The highest BCUT2D eigenvalue weighted by molar-refractivity contribution is 5.91. The molecule has 2 N–H and O–H groups in total. The van der Waals surface area contributed by atoms with Gasteiger partial charge in [0.1, 0.15) is 6.54 Å². The number of benzene rings is 2. The van der Waals surface area contributed by atoms with E-state index >= 15 is 0 Å². The Balaban J connectivity index is 1.84. The lowest BCUT2D eigenvalue weighted by atomic mass is 10.1. The van der Waals surface area contributed by atoms with Crippen molar-refractivity contribution in [1.29, 1.82) is 0 Å². The fourth-order valence-corrected chi connectivity index (χ4v) is 2.23. The first-order chi connectivity index (χ1) is 10.0. The summed E-state index contributed by atoms with van der Waals surface area (Å²) in [6.07, 6.45) is 0. The van der Waals surface area contributed by atoms with Crippen LogP contribution in [0.15, 0.2) is 48.5 Å². The van der Waals surface area contributed by atoms with Crippen molar-refractivity contribution in [2.75, 3.05) is 18.9 Å².